The number of halogens is 3. The zero-order valence-electron chi connectivity index (χ0n) is 15.4. The lowest BCUT2D eigenvalue weighted by Crippen LogP contribution is -2.43. The van der Waals surface area contributed by atoms with E-state index in [1.807, 2.05) is 18.2 Å². The number of ether oxygens (including phenoxy) is 1. The van der Waals surface area contributed by atoms with Crippen LogP contribution in [0.15, 0.2) is 66.9 Å². The van der Waals surface area contributed by atoms with Gasteiger partial charge in [-0.3, -0.25) is 25.4 Å². The molecule has 0 saturated heterocycles. The molecular weight excluding hydrogens is 399 g/mol. The zero-order valence-corrected chi connectivity index (χ0v) is 15.4. The quantitative estimate of drug-likeness (QED) is 0.494. The van der Waals surface area contributed by atoms with Gasteiger partial charge in [0.1, 0.15) is 5.75 Å². The second-order valence-corrected chi connectivity index (χ2v) is 6.11. The van der Waals surface area contributed by atoms with Crippen LogP contribution in [0.5, 0.6) is 5.75 Å². The topological polar surface area (TPSA) is 80.3 Å². The van der Waals surface area contributed by atoms with Crippen molar-refractivity contribution in [3.05, 3.63) is 78.0 Å². The predicted molar refractivity (Wildman–Crippen MR) is 104 cm³/mol. The van der Waals surface area contributed by atoms with Gasteiger partial charge < -0.3 is 4.74 Å². The number of aromatic nitrogens is 1. The lowest BCUT2D eigenvalue weighted by molar-refractivity contribution is -0.137. The van der Waals surface area contributed by atoms with E-state index in [1.54, 1.807) is 24.4 Å². The summed E-state index contributed by atoms with van der Waals surface area (Å²) in [6.07, 6.45) is -0.0980. The Morgan fingerprint density at radius 2 is 1.80 bits per heavy atom. The summed E-state index contributed by atoms with van der Waals surface area (Å²) < 4.78 is 43.0. The van der Waals surface area contributed by atoms with Gasteiger partial charge in [0.15, 0.2) is 6.61 Å². The largest absolute Gasteiger partial charge is 0.484 e. The number of hydrogen-bond acceptors (Lipinski definition) is 4. The Balaban J connectivity index is 1.50. The van der Waals surface area contributed by atoms with E-state index in [4.69, 9.17) is 4.74 Å². The van der Waals surface area contributed by atoms with Crippen molar-refractivity contribution in [3.8, 4) is 5.75 Å². The maximum atomic E-state index is 12.7. The molecule has 0 spiro atoms. The van der Waals surface area contributed by atoms with Crippen LogP contribution in [-0.2, 0) is 15.8 Å². The fourth-order valence-corrected chi connectivity index (χ4v) is 2.55. The molecule has 154 valence electrons. The van der Waals surface area contributed by atoms with Crippen LogP contribution in [-0.4, -0.2) is 23.4 Å². The third-order valence-electron chi connectivity index (χ3n) is 3.93. The van der Waals surface area contributed by atoms with E-state index in [0.29, 0.717) is 0 Å². The smallest absolute Gasteiger partial charge is 0.416 e. The van der Waals surface area contributed by atoms with E-state index < -0.39 is 30.2 Å². The maximum Gasteiger partial charge on any atom is 0.416 e. The van der Waals surface area contributed by atoms with E-state index in [9.17, 15) is 22.8 Å². The molecule has 3 aromatic rings. The molecule has 3 rings (SSSR count). The number of fused-ring (bicyclic) bond motifs is 1. The maximum absolute atomic E-state index is 12.7. The second-order valence-electron chi connectivity index (χ2n) is 6.11. The number of carbonyl (C=O) groups is 2. The van der Waals surface area contributed by atoms with Gasteiger partial charge >= 0.3 is 6.18 Å². The fourth-order valence-electron chi connectivity index (χ4n) is 2.55. The van der Waals surface area contributed by atoms with Gasteiger partial charge in [-0.2, -0.15) is 13.2 Å². The summed E-state index contributed by atoms with van der Waals surface area (Å²) in [6, 6.07) is 13.4. The molecule has 2 aromatic carbocycles. The van der Waals surface area contributed by atoms with Gasteiger partial charge in [-0.05, 0) is 30.3 Å². The first-order chi connectivity index (χ1) is 14.3. The van der Waals surface area contributed by atoms with E-state index in [1.165, 1.54) is 18.2 Å². The molecule has 30 heavy (non-hydrogen) atoms. The number of alkyl halides is 3. The van der Waals surface area contributed by atoms with Crippen LogP contribution < -0.4 is 15.6 Å². The number of hydrogen-bond donors (Lipinski definition) is 2. The van der Waals surface area contributed by atoms with Gasteiger partial charge in [0.2, 0.25) is 0 Å². The molecule has 9 heteroatoms. The number of benzene rings is 2. The Hall–Kier alpha value is -3.88. The van der Waals surface area contributed by atoms with Gasteiger partial charge in [-0.1, -0.05) is 30.3 Å². The number of rotatable bonds is 5. The summed E-state index contributed by atoms with van der Waals surface area (Å²) in [6.45, 7) is -0.571. The van der Waals surface area contributed by atoms with Crippen LogP contribution in [0.4, 0.5) is 13.2 Å². The van der Waals surface area contributed by atoms with Crippen molar-refractivity contribution in [2.75, 3.05) is 6.61 Å². The minimum absolute atomic E-state index is 0.116. The Morgan fingerprint density at radius 1 is 1.03 bits per heavy atom. The lowest BCUT2D eigenvalue weighted by atomic mass is 10.1. The number of hydrazine groups is 1. The predicted octanol–water partition coefficient (Wildman–Crippen LogP) is 3.49. The number of nitrogens with zero attached hydrogens (tertiary/aromatic N) is 1. The molecule has 0 bridgehead atoms. The van der Waals surface area contributed by atoms with Crippen molar-refractivity contribution in [1.29, 1.82) is 0 Å². The van der Waals surface area contributed by atoms with E-state index >= 15 is 0 Å². The molecule has 6 nitrogen and oxygen atoms in total. The Kier molecular flexibility index (Phi) is 6.31. The molecule has 2 amide bonds. The van der Waals surface area contributed by atoms with Crippen molar-refractivity contribution in [2.24, 2.45) is 0 Å². The number of carbonyl (C=O) groups excluding carboxylic acids is 2. The average molecular weight is 415 g/mol. The highest BCUT2D eigenvalue weighted by molar-refractivity contribution is 5.96. The SMILES string of the molecule is O=C(C=Cc1cccc2cccnc12)NNC(=O)COc1cccc(C(F)(F)F)c1. The first-order valence-electron chi connectivity index (χ1n) is 8.73. The molecule has 0 radical (unpaired) electrons. The van der Waals surface area contributed by atoms with Gasteiger partial charge in [0.25, 0.3) is 11.8 Å². The number of pyridine rings is 1. The average Bonchev–Trinajstić information content (AvgIpc) is 2.74. The van der Waals surface area contributed by atoms with E-state index in [2.05, 4.69) is 15.8 Å². The van der Waals surface area contributed by atoms with Gasteiger partial charge in [-0.25, -0.2) is 0 Å². The molecule has 1 heterocycles. The number of nitrogens with one attached hydrogen (secondary N) is 2. The molecule has 0 saturated carbocycles. The standard InChI is InChI=1S/C21H16F3N3O3/c22-21(23,24)16-7-2-8-17(12-16)30-13-19(29)27-26-18(28)10-9-15-5-1-4-14-6-3-11-25-20(14)15/h1-12H,13H2,(H,26,28)(H,27,29). The first-order valence-corrected chi connectivity index (χ1v) is 8.73. The molecule has 0 unspecified atom stereocenters. The normalized spacial score (nSPS) is 11.4. The Morgan fingerprint density at radius 3 is 2.60 bits per heavy atom. The Bertz CT molecular complexity index is 1090. The van der Waals surface area contributed by atoms with E-state index in [-0.39, 0.29) is 5.75 Å². The molecule has 2 N–H and O–H groups in total. The summed E-state index contributed by atoms with van der Waals surface area (Å²) in [5.74, 6) is -1.45. The highest BCUT2D eigenvalue weighted by Gasteiger charge is 2.30. The van der Waals surface area contributed by atoms with Crippen molar-refractivity contribution in [2.45, 2.75) is 6.18 Å². The van der Waals surface area contributed by atoms with Crippen LogP contribution in [0.3, 0.4) is 0 Å². The molecule has 1 aromatic heterocycles. The van der Waals surface area contributed by atoms with Crippen LogP contribution in [0.1, 0.15) is 11.1 Å². The second kappa shape index (κ2) is 9.08. The number of amides is 2. The highest BCUT2D eigenvalue weighted by Crippen LogP contribution is 2.31. The summed E-state index contributed by atoms with van der Waals surface area (Å²) in [4.78, 5) is 27.9. The third-order valence-corrected chi connectivity index (χ3v) is 3.93. The number of para-hydroxylation sites is 1. The Labute approximate surface area is 169 Å². The molecule has 0 fully saturated rings. The highest BCUT2D eigenvalue weighted by atomic mass is 19.4. The van der Waals surface area contributed by atoms with Gasteiger partial charge in [0.05, 0.1) is 11.1 Å². The summed E-state index contributed by atoms with van der Waals surface area (Å²) in [7, 11) is 0. The first kappa shape index (κ1) is 20.8. The molecule has 0 atom stereocenters. The van der Waals surface area contributed by atoms with Crippen LogP contribution in [0, 0.1) is 0 Å². The molecule has 0 aliphatic carbocycles. The minimum Gasteiger partial charge on any atom is -0.484 e. The van der Waals surface area contributed by atoms with E-state index in [0.717, 1.165) is 28.6 Å². The molecular formula is C21H16F3N3O3. The summed E-state index contributed by atoms with van der Waals surface area (Å²) >= 11 is 0. The van der Waals surface area contributed by atoms with Crippen molar-refractivity contribution in [3.63, 3.8) is 0 Å². The van der Waals surface area contributed by atoms with Crippen LogP contribution in [0.25, 0.3) is 17.0 Å². The van der Waals surface area contributed by atoms with Crippen LogP contribution in [0.2, 0.25) is 0 Å². The van der Waals surface area contributed by atoms with Crippen molar-refractivity contribution in [1.82, 2.24) is 15.8 Å². The van der Waals surface area contributed by atoms with Crippen molar-refractivity contribution < 1.29 is 27.5 Å². The zero-order chi connectivity index (χ0) is 21.6. The third kappa shape index (κ3) is 5.57. The minimum atomic E-state index is -4.51. The summed E-state index contributed by atoms with van der Waals surface area (Å²) in [5.41, 5.74) is 4.85. The van der Waals surface area contributed by atoms with Crippen LogP contribution >= 0.6 is 0 Å². The molecule has 0 aliphatic heterocycles. The molecule has 0 aliphatic rings. The van der Waals surface area contributed by atoms with Crippen molar-refractivity contribution >= 4 is 28.8 Å². The monoisotopic (exact) mass is 415 g/mol. The van der Waals surface area contributed by atoms with Gasteiger partial charge in [0, 0.05) is 23.2 Å². The summed E-state index contributed by atoms with van der Waals surface area (Å²) in [5, 5.41) is 0.917. The fraction of sp³-hybridized carbons (Fsp3) is 0.0952. The lowest BCUT2D eigenvalue weighted by Gasteiger charge is -2.10. The van der Waals surface area contributed by atoms with Gasteiger partial charge in [-0.15, -0.1) is 0 Å².